The van der Waals surface area contributed by atoms with Crippen molar-refractivity contribution in [2.24, 2.45) is 0 Å². The first-order chi connectivity index (χ1) is 8.66. The molecule has 0 saturated carbocycles. The molecule has 18 heavy (non-hydrogen) atoms. The van der Waals surface area contributed by atoms with Gasteiger partial charge in [-0.05, 0) is 19.1 Å². The molecule has 0 bridgehead atoms. The van der Waals surface area contributed by atoms with Crippen LogP contribution < -0.4 is 11.1 Å². The fraction of sp³-hybridized carbons (Fsp3) is 0.231. The van der Waals surface area contributed by atoms with Crippen LogP contribution in [0, 0.1) is 6.92 Å². The van der Waals surface area contributed by atoms with Crippen LogP contribution in [0.15, 0.2) is 29.6 Å². The van der Waals surface area contributed by atoms with Gasteiger partial charge in [-0.3, -0.25) is 4.79 Å². The van der Waals surface area contributed by atoms with Crippen molar-refractivity contribution >= 4 is 22.9 Å². The Hall–Kier alpha value is -1.88. The fourth-order valence-electron chi connectivity index (χ4n) is 1.63. The van der Waals surface area contributed by atoms with E-state index in [1.54, 1.807) is 29.5 Å². The van der Waals surface area contributed by atoms with Gasteiger partial charge in [0.2, 0.25) is 0 Å². The van der Waals surface area contributed by atoms with Gasteiger partial charge in [-0.2, -0.15) is 0 Å². The predicted octanol–water partition coefficient (Wildman–Crippen LogP) is 2.01. The third-order valence-electron chi connectivity index (χ3n) is 2.54. The van der Waals surface area contributed by atoms with E-state index in [4.69, 9.17) is 5.73 Å². The van der Waals surface area contributed by atoms with Gasteiger partial charge in [-0.25, -0.2) is 4.98 Å². The van der Waals surface area contributed by atoms with Crippen molar-refractivity contribution in [2.75, 3.05) is 12.3 Å². The number of rotatable bonds is 4. The fourth-order valence-corrected chi connectivity index (χ4v) is 2.27. The van der Waals surface area contributed by atoms with Crippen molar-refractivity contribution < 1.29 is 4.79 Å². The minimum Gasteiger partial charge on any atom is -0.398 e. The highest BCUT2D eigenvalue weighted by Gasteiger charge is 2.08. The third-order valence-corrected chi connectivity index (χ3v) is 3.36. The van der Waals surface area contributed by atoms with Crippen LogP contribution in [-0.2, 0) is 6.42 Å². The predicted molar refractivity (Wildman–Crippen MR) is 73.7 cm³/mol. The second kappa shape index (κ2) is 5.64. The van der Waals surface area contributed by atoms with Crippen molar-refractivity contribution in [2.45, 2.75) is 13.3 Å². The molecule has 1 amide bonds. The average Bonchev–Trinajstić information content (AvgIpc) is 2.75. The van der Waals surface area contributed by atoms with Gasteiger partial charge in [-0.15, -0.1) is 11.3 Å². The Bertz CT molecular complexity index is 551. The maximum absolute atomic E-state index is 11.9. The first-order valence-electron chi connectivity index (χ1n) is 5.70. The number of para-hydroxylation sites is 1. The largest absolute Gasteiger partial charge is 0.398 e. The summed E-state index contributed by atoms with van der Waals surface area (Å²) in [5.41, 5.74) is 7.77. The van der Waals surface area contributed by atoms with Gasteiger partial charge in [-0.1, -0.05) is 12.1 Å². The molecule has 0 saturated heterocycles. The minimum absolute atomic E-state index is 0.139. The minimum atomic E-state index is -0.139. The third kappa shape index (κ3) is 3.07. The SMILES string of the molecule is Cc1nc(CCNC(=O)c2ccccc2N)cs1. The van der Waals surface area contributed by atoms with E-state index in [1.807, 2.05) is 18.4 Å². The summed E-state index contributed by atoms with van der Waals surface area (Å²) in [4.78, 5) is 16.2. The Balaban J connectivity index is 1.87. The number of carbonyl (C=O) groups excluding carboxylic acids is 1. The van der Waals surface area contributed by atoms with Gasteiger partial charge in [0.1, 0.15) is 0 Å². The Morgan fingerprint density at radius 1 is 1.44 bits per heavy atom. The zero-order valence-electron chi connectivity index (χ0n) is 10.1. The molecular formula is C13H15N3OS. The molecular weight excluding hydrogens is 246 g/mol. The highest BCUT2D eigenvalue weighted by Crippen LogP contribution is 2.10. The standard InChI is InChI=1S/C13H15N3OS/c1-9-16-10(8-18-9)6-7-15-13(17)11-4-2-3-5-12(11)14/h2-5,8H,6-7,14H2,1H3,(H,15,17). The number of aromatic nitrogens is 1. The van der Waals surface area contributed by atoms with E-state index in [-0.39, 0.29) is 5.91 Å². The summed E-state index contributed by atoms with van der Waals surface area (Å²) in [5.74, 6) is -0.139. The lowest BCUT2D eigenvalue weighted by molar-refractivity contribution is 0.0955. The topological polar surface area (TPSA) is 68.0 Å². The molecule has 0 atom stereocenters. The van der Waals surface area contributed by atoms with Crippen LogP contribution in [0.4, 0.5) is 5.69 Å². The quantitative estimate of drug-likeness (QED) is 0.827. The monoisotopic (exact) mass is 261 g/mol. The molecule has 5 heteroatoms. The van der Waals surface area contributed by atoms with Crippen LogP contribution in [0.1, 0.15) is 21.1 Å². The molecule has 0 aliphatic heterocycles. The molecule has 2 aromatic rings. The number of aryl methyl sites for hydroxylation is 1. The summed E-state index contributed by atoms with van der Waals surface area (Å²) in [5, 5.41) is 5.90. The van der Waals surface area contributed by atoms with Crippen LogP contribution in [0.5, 0.6) is 0 Å². The van der Waals surface area contributed by atoms with Gasteiger partial charge in [0.05, 0.1) is 16.3 Å². The second-order valence-electron chi connectivity index (χ2n) is 3.95. The Morgan fingerprint density at radius 2 is 2.22 bits per heavy atom. The molecule has 1 heterocycles. The summed E-state index contributed by atoms with van der Waals surface area (Å²) in [6.45, 7) is 2.54. The van der Waals surface area contributed by atoms with E-state index < -0.39 is 0 Å². The van der Waals surface area contributed by atoms with Crippen molar-refractivity contribution in [3.8, 4) is 0 Å². The highest BCUT2D eigenvalue weighted by molar-refractivity contribution is 7.09. The summed E-state index contributed by atoms with van der Waals surface area (Å²) < 4.78 is 0. The van der Waals surface area contributed by atoms with Gasteiger partial charge < -0.3 is 11.1 Å². The number of nitrogens with one attached hydrogen (secondary N) is 1. The van der Waals surface area contributed by atoms with Crippen LogP contribution in [0.3, 0.4) is 0 Å². The average molecular weight is 261 g/mol. The molecule has 0 fully saturated rings. The molecule has 4 nitrogen and oxygen atoms in total. The van der Waals surface area contributed by atoms with E-state index >= 15 is 0 Å². The van der Waals surface area contributed by atoms with Crippen LogP contribution in [-0.4, -0.2) is 17.4 Å². The van der Waals surface area contributed by atoms with Crippen LogP contribution in [0.2, 0.25) is 0 Å². The van der Waals surface area contributed by atoms with E-state index in [1.165, 1.54) is 0 Å². The molecule has 1 aromatic carbocycles. The number of nitrogens with two attached hydrogens (primary N) is 1. The first kappa shape index (κ1) is 12.6. The van der Waals surface area contributed by atoms with Crippen molar-refractivity contribution in [3.63, 3.8) is 0 Å². The van der Waals surface area contributed by atoms with Crippen LogP contribution in [0.25, 0.3) is 0 Å². The lowest BCUT2D eigenvalue weighted by atomic mass is 10.1. The summed E-state index contributed by atoms with van der Waals surface area (Å²) >= 11 is 1.62. The maximum atomic E-state index is 11.9. The number of hydrogen-bond acceptors (Lipinski definition) is 4. The lowest BCUT2D eigenvalue weighted by Crippen LogP contribution is -2.26. The van der Waals surface area contributed by atoms with Crippen molar-refractivity contribution in [3.05, 3.63) is 45.9 Å². The zero-order chi connectivity index (χ0) is 13.0. The molecule has 0 spiro atoms. The number of benzene rings is 1. The molecule has 0 aliphatic rings. The summed E-state index contributed by atoms with van der Waals surface area (Å²) in [6, 6.07) is 7.05. The number of amides is 1. The van der Waals surface area contributed by atoms with Crippen molar-refractivity contribution in [1.29, 1.82) is 0 Å². The van der Waals surface area contributed by atoms with Gasteiger partial charge in [0.15, 0.2) is 0 Å². The van der Waals surface area contributed by atoms with E-state index in [9.17, 15) is 4.79 Å². The molecule has 0 aliphatic carbocycles. The molecule has 0 unspecified atom stereocenters. The van der Waals surface area contributed by atoms with E-state index in [0.717, 1.165) is 17.1 Å². The Labute approximate surface area is 110 Å². The lowest BCUT2D eigenvalue weighted by Gasteiger charge is -2.06. The molecule has 2 rings (SSSR count). The zero-order valence-corrected chi connectivity index (χ0v) is 11.0. The summed E-state index contributed by atoms with van der Waals surface area (Å²) in [6.07, 6.45) is 0.739. The molecule has 94 valence electrons. The van der Waals surface area contributed by atoms with Gasteiger partial charge in [0.25, 0.3) is 5.91 Å². The smallest absolute Gasteiger partial charge is 0.253 e. The van der Waals surface area contributed by atoms with Crippen molar-refractivity contribution in [1.82, 2.24) is 10.3 Å². The molecule has 3 N–H and O–H groups in total. The number of nitrogens with zero attached hydrogens (tertiary/aromatic N) is 1. The number of hydrogen-bond donors (Lipinski definition) is 2. The number of carbonyl (C=O) groups is 1. The maximum Gasteiger partial charge on any atom is 0.253 e. The highest BCUT2D eigenvalue weighted by atomic mass is 32.1. The van der Waals surface area contributed by atoms with Gasteiger partial charge >= 0.3 is 0 Å². The van der Waals surface area contributed by atoms with Crippen LogP contribution >= 0.6 is 11.3 Å². The Kier molecular flexibility index (Phi) is 3.94. The first-order valence-corrected chi connectivity index (χ1v) is 6.58. The molecule has 0 radical (unpaired) electrons. The van der Waals surface area contributed by atoms with Gasteiger partial charge in [0, 0.05) is 24.0 Å². The number of thiazole rings is 1. The number of anilines is 1. The number of nitrogen functional groups attached to an aromatic ring is 1. The summed E-state index contributed by atoms with van der Waals surface area (Å²) in [7, 11) is 0. The van der Waals surface area contributed by atoms with E-state index in [2.05, 4.69) is 10.3 Å². The second-order valence-corrected chi connectivity index (χ2v) is 5.01. The van der Waals surface area contributed by atoms with E-state index in [0.29, 0.717) is 17.8 Å². The molecule has 1 aromatic heterocycles. The normalized spacial score (nSPS) is 10.3. The Morgan fingerprint density at radius 3 is 2.89 bits per heavy atom.